The summed E-state index contributed by atoms with van der Waals surface area (Å²) in [5.74, 6) is -1.93. The Hall–Kier alpha value is -3.16. The molecule has 2 aromatic rings. The van der Waals surface area contributed by atoms with Gasteiger partial charge in [0.15, 0.2) is 0 Å². The number of benzene rings is 2. The average molecular weight is 363 g/mol. The number of nitrogens with one attached hydrogen (secondary N) is 1. The fraction of sp³-hybridized carbons (Fsp3) is 0.222. The molecular formula is C18H19F2N3O3. The van der Waals surface area contributed by atoms with Crippen LogP contribution in [0, 0.1) is 11.6 Å². The fourth-order valence-corrected chi connectivity index (χ4v) is 2.34. The van der Waals surface area contributed by atoms with Crippen LogP contribution < -0.4 is 20.7 Å². The molecule has 0 saturated carbocycles. The molecule has 138 valence electrons. The molecule has 0 aromatic heterocycles. The van der Waals surface area contributed by atoms with Gasteiger partial charge in [0.2, 0.25) is 11.8 Å². The van der Waals surface area contributed by atoms with Crippen molar-refractivity contribution in [2.45, 2.75) is 6.42 Å². The predicted molar refractivity (Wildman–Crippen MR) is 94.0 cm³/mol. The predicted octanol–water partition coefficient (Wildman–Crippen LogP) is 2.29. The van der Waals surface area contributed by atoms with E-state index in [2.05, 4.69) is 5.32 Å². The molecule has 0 bridgehead atoms. The van der Waals surface area contributed by atoms with Crippen molar-refractivity contribution >= 4 is 23.2 Å². The number of hydrogen-bond acceptors (Lipinski definition) is 4. The minimum Gasteiger partial charge on any atom is -0.497 e. The molecule has 0 saturated heterocycles. The number of anilines is 2. The van der Waals surface area contributed by atoms with Gasteiger partial charge in [0, 0.05) is 30.4 Å². The van der Waals surface area contributed by atoms with Gasteiger partial charge in [-0.05, 0) is 36.4 Å². The summed E-state index contributed by atoms with van der Waals surface area (Å²) in [5.41, 5.74) is 5.87. The summed E-state index contributed by atoms with van der Waals surface area (Å²) in [7, 11) is 1.53. The summed E-state index contributed by atoms with van der Waals surface area (Å²) in [6, 6.07) is 9.64. The third-order valence-electron chi connectivity index (χ3n) is 3.55. The highest BCUT2D eigenvalue weighted by molar-refractivity contribution is 5.94. The molecule has 0 atom stereocenters. The van der Waals surface area contributed by atoms with Crippen LogP contribution in [0.15, 0.2) is 42.5 Å². The Morgan fingerprint density at radius 3 is 2.27 bits per heavy atom. The topological polar surface area (TPSA) is 84.7 Å². The molecule has 6 nitrogen and oxygen atoms in total. The smallest absolute Gasteiger partial charge is 0.243 e. The summed E-state index contributed by atoms with van der Waals surface area (Å²) in [6.07, 6.45) is 0.0495. The van der Waals surface area contributed by atoms with Crippen molar-refractivity contribution in [2.24, 2.45) is 5.73 Å². The molecular weight excluding hydrogens is 344 g/mol. The molecule has 0 fully saturated rings. The molecule has 0 aliphatic rings. The van der Waals surface area contributed by atoms with Gasteiger partial charge in [0.1, 0.15) is 17.4 Å². The number of primary amides is 1. The van der Waals surface area contributed by atoms with Crippen molar-refractivity contribution in [3.63, 3.8) is 0 Å². The highest BCUT2D eigenvalue weighted by Gasteiger charge is 2.14. The first-order valence-corrected chi connectivity index (χ1v) is 7.80. The zero-order chi connectivity index (χ0) is 19.1. The van der Waals surface area contributed by atoms with E-state index in [-0.39, 0.29) is 25.2 Å². The van der Waals surface area contributed by atoms with Crippen LogP contribution in [0.3, 0.4) is 0 Å². The van der Waals surface area contributed by atoms with Gasteiger partial charge in [-0.15, -0.1) is 0 Å². The lowest BCUT2D eigenvalue weighted by Crippen LogP contribution is -2.35. The first-order chi connectivity index (χ1) is 12.4. The number of amides is 2. The summed E-state index contributed by atoms with van der Waals surface area (Å²) >= 11 is 0. The number of carbonyl (C=O) groups is 2. The first-order valence-electron chi connectivity index (χ1n) is 7.80. The Morgan fingerprint density at radius 1 is 1.12 bits per heavy atom. The van der Waals surface area contributed by atoms with Crippen molar-refractivity contribution in [2.75, 3.05) is 30.4 Å². The zero-order valence-electron chi connectivity index (χ0n) is 14.2. The van der Waals surface area contributed by atoms with E-state index in [0.717, 1.165) is 12.1 Å². The molecule has 0 aliphatic heterocycles. The van der Waals surface area contributed by atoms with E-state index in [0.29, 0.717) is 17.5 Å². The van der Waals surface area contributed by atoms with Crippen LogP contribution in [0.4, 0.5) is 20.2 Å². The van der Waals surface area contributed by atoms with E-state index in [4.69, 9.17) is 10.5 Å². The lowest BCUT2D eigenvalue weighted by Gasteiger charge is -2.24. The molecule has 0 aliphatic carbocycles. The number of nitrogens with zero attached hydrogens (tertiary/aromatic N) is 1. The van der Waals surface area contributed by atoms with Crippen LogP contribution in [0.1, 0.15) is 6.42 Å². The third-order valence-corrected chi connectivity index (χ3v) is 3.55. The Bertz CT molecular complexity index is 762. The summed E-state index contributed by atoms with van der Waals surface area (Å²) in [4.78, 5) is 25.0. The van der Waals surface area contributed by atoms with E-state index in [1.165, 1.54) is 7.11 Å². The van der Waals surface area contributed by atoms with E-state index in [1.54, 1.807) is 29.2 Å². The van der Waals surface area contributed by atoms with Crippen LogP contribution >= 0.6 is 0 Å². The van der Waals surface area contributed by atoms with Gasteiger partial charge in [-0.3, -0.25) is 9.59 Å². The molecule has 0 unspecified atom stereocenters. The minimum atomic E-state index is -0.791. The van der Waals surface area contributed by atoms with Crippen LogP contribution in [0.2, 0.25) is 0 Å². The Morgan fingerprint density at radius 2 is 1.73 bits per heavy atom. The number of hydrogen-bond donors (Lipinski definition) is 2. The summed E-state index contributed by atoms with van der Waals surface area (Å²) in [6.45, 7) is 0.0876. The zero-order valence-corrected chi connectivity index (χ0v) is 14.2. The fourth-order valence-electron chi connectivity index (χ4n) is 2.34. The second-order valence-electron chi connectivity index (χ2n) is 5.54. The molecule has 0 spiro atoms. The molecule has 2 rings (SSSR count). The number of carbonyl (C=O) groups excluding carboxylic acids is 2. The van der Waals surface area contributed by atoms with Crippen molar-refractivity contribution in [1.29, 1.82) is 0 Å². The first kappa shape index (κ1) is 19.2. The highest BCUT2D eigenvalue weighted by Crippen LogP contribution is 2.20. The highest BCUT2D eigenvalue weighted by atomic mass is 19.1. The number of nitrogens with two attached hydrogens (primary N) is 1. The SMILES string of the molecule is COc1ccc(N(CCC(N)=O)CC(=O)Nc2cc(F)cc(F)c2)cc1. The molecule has 3 N–H and O–H groups in total. The lowest BCUT2D eigenvalue weighted by molar-refractivity contribution is -0.118. The van der Waals surface area contributed by atoms with Crippen LogP contribution in [-0.4, -0.2) is 32.0 Å². The maximum Gasteiger partial charge on any atom is 0.243 e. The standard InChI is InChI=1S/C18H19F2N3O3/c1-26-16-4-2-15(3-5-16)23(7-6-17(21)24)11-18(25)22-14-9-12(19)8-13(20)10-14/h2-5,8-10H,6-7,11H2,1H3,(H2,21,24)(H,22,25). The molecule has 2 amide bonds. The van der Waals surface area contributed by atoms with E-state index < -0.39 is 23.4 Å². The molecule has 8 heteroatoms. The minimum absolute atomic E-state index is 0.0112. The molecule has 2 aromatic carbocycles. The maximum absolute atomic E-state index is 13.2. The second-order valence-corrected chi connectivity index (χ2v) is 5.54. The van der Waals surface area contributed by atoms with Gasteiger partial charge in [-0.1, -0.05) is 0 Å². The van der Waals surface area contributed by atoms with E-state index in [9.17, 15) is 18.4 Å². The molecule has 0 radical (unpaired) electrons. The van der Waals surface area contributed by atoms with Gasteiger partial charge < -0.3 is 20.7 Å². The van der Waals surface area contributed by atoms with Crippen LogP contribution in [0.5, 0.6) is 5.75 Å². The van der Waals surface area contributed by atoms with Gasteiger partial charge in [0.25, 0.3) is 0 Å². The quantitative estimate of drug-likeness (QED) is 0.754. The summed E-state index contributed by atoms with van der Waals surface area (Å²) < 4.78 is 31.5. The van der Waals surface area contributed by atoms with Crippen LogP contribution in [0.25, 0.3) is 0 Å². The van der Waals surface area contributed by atoms with Gasteiger partial charge >= 0.3 is 0 Å². The number of rotatable bonds is 8. The normalized spacial score (nSPS) is 10.3. The van der Waals surface area contributed by atoms with Gasteiger partial charge in [0.05, 0.1) is 13.7 Å². The number of halogens is 2. The summed E-state index contributed by atoms with van der Waals surface area (Å²) in [5, 5.41) is 2.43. The molecule has 26 heavy (non-hydrogen) atoms. The van der Waals surface area contributed by atoms with Crippen LogP contribution in [-0.2, 0) is 9.59 Å². The Kier molecular flexibility index (Phi) is 6.48. The molecule has 0 heterocycles. The van der Waals surface area contributed by atoms with E-state index in [1.807, 2.05) is 0 Å². The largest absolute Gasteiger partial charge is 0.497 e. The number of methoxy groups -OCH3 is 1. The van der Waals surface area contributed by atoms with Crippen molar-refractivity contribution in [3.8, 4) is 5.75 Å². The second kappa shape index (κ2) is 8.80. The Labute approximate surface area is 149 Å². The average Bonchev–Trinajstić information content (AvgIpc) is 2.57. The van der Waals surface area contributed by atoms with Crippen molar-refractivity contribution in [1.82, 2.24) is 0 Å². The Balaban J connectivity index is 2.11. The van der Waals surface area contributed by atoms with Crippen molar-refractivity contribution < 1.29 is 23.1 Å². The van der Waals surface area contributed by atoms with Gasteiger partial charge in [-0.2, -0.15) is 0 Å². The lowest BCUT2D eigenvalue weighted by atomic mass is 10.2. The maximum atomic E-state index is 13.2. The number of ether oxygens (including phenoxy) is 1. The van der Waals surface area contributed by atoms with Crippen molar-refractivity contribution in [3.05, 3.63) is 54.1 Å². The van der Waals surface area contributed by atoms with Gasteiger partial charge in [-0.25, -0.2) is 8.78 Å². The van der Waals surface area contributed by atoms with E-state index >= 15 is 0 Å². The third kappa shape index (κ3) is 5.73. The monoisotopic (exact) mass is 363 g/mol.